The molecule has 0 aliphatic rings. The lowest BCUT2D eigenvalue weighted by molar-refractivity contribution is 0.302. The highest BCUT2D eigenvalue weighted by Crippen LogP contribution is 2.26. The first-order chi connectivity index (χ1) is 13.5. The molecule has 0 atom stereocenters. The zero-order valence-electron chi connectivity index (χ0n) is 15.8. The molecule has 3 rings (SSSR count). The van der Waals surface area contributed by atoms with Crippen molar-refractivity contribution in [1.82, 2.24) is 14.9 Å². The van der Waals surface area contributed by atoms with Crippen molar-refractivity contribution in [2.24, 2.45) is 5.10 Å². The molecule has 0 bridgehead atoms. The molecule has 1 aromatic heterocycles. The number of halogens is 1. The number of aromatic nitrogens is 3. The summed E-state index contributed by atoms with van der Waals surface area (Å²) in [7, 11) is 0. The second-order valence-electron chi connectivity index (χ2n) is 6.23. The first-order valence-electron chi connectivity index (χ1n) is 8.98. The molecule has 0 radical (unpaired) electrons. The Labute approximate surface area is 174 Å². The van der Waals surface area contributed by atoms with Gasteiger partial charge in [0.2, 0.25) is 4.77 Å². The smallest absolute Gasteiger partial charge is 0.216 e. The van der Waals surface area contributed by atoms with Crippen LogP contribution in [0.25, 0.3) is 11.4 Å². The van der Waals surface area contributed by atoms with Gasteiger partial charge in [-0.15, -0.1) is 0 Å². The van der Waals surface area contributed by atoms with Crippen LogP contribution >= 0.6 is 23.8 Å². The predicted octanol–water partition coefficient (Wildman–Crippen LogP) is 4.27. The Morgan fingerprint density at radius 1 is 1.32 bits per heavy atom. The van der Waals surface area contributed by atoms with Gasteiger partial charge >= 0.3 is 0 Å². The van der Waals surface area contributed by atoms with Crippen LogP contribution in [0.1, 0.15) is 18.1 Å². The van der Waals surface area contributed by atoms with Gasteiger partial charge in [0.1, 0.15) is 0 Å². The molecule has 0 aliphatic heterocycles. The van der Waals surface area contributed by atoms with Crippen LogP contribution in [0.15, 0.2) is 47.6 Å². The lowest BCUT2D eigenvalue weighted by Crippen LogP contribution is -2.26. The van der Waals surface area contributed by atoms with E-state index in [1.54, 1.807) is 17.0 Å². The zero-order valence-corrected chi connectivity index (χ0v) is 17.3. The number of hydrogen-bond donors (Lipinski definition) is 2. The standard InChI is InChI=1S/C20H22ClN5OS/c1-3-25(10-11-27)16-9-8-15(14(2)12-16)13-22-26-19(23-24-20(26)28)17-6-4-5-7-18(17)21/h4-9,12-13,27H,3,10-11H2,1-2H3,(H,24,28)/b22-13-. The monoisotopic (exact) mass is 415 g/mol. The number of hydrogen-bond acceptors (Lipinski definition) is 5. The maximum atomic E-state index is 9.21. The van der Waals surface area contributed by atoms with Crippen molar-refractivity contribution in [3.05, 3.63) is 63.4 Å². The van der Waals surface area contributed by atoms with Crippen LogP contribution in [0.2, 0.25) is 5.02 Å². The van der Waals surface area contributed by atoms with E-state index in [0.29, 0.717) is 22.2 Å². The summed E-state index contributed by atoms with van der Waals surface area (Å²) in [5.41, 5.74) is 3.87. The van der Waals surface area contributed by atoms with E-state index in [1.807, 2.05) is 37.3 Å². The van der Waals surface area contributed by atoms with Gasteiger partial charge in [-0.05, 0) is 61.5 Å². The largest absolute Gasteiger partial charge is 0.395 e. The normalized spacial score (nSPS) is 11.3. The van der Waals surface area contributed by atoms with Crippen LogP contribution in [-0.2, 0) is 0 Å². The van der Waals surface area contributed by atoms with Crippen molar-refractivity contribution < 1.29 is 5.11 Å². The number of benzene rings is 2. The fourth-order valence-corrected chi connectivity index (χ4v) is 3.33. The van der Waals surface area contributed by atoms with Gasteiger partial charge < -0.3 is 10.0 Å². The quantitative estimate of drug-likeness (QED) is 0.446. The average Bonchev–Trinajstić information content (AvgIpc) is 3.06. The minimum Gasteiger partial charge on any atom is -0.395 e. The predicted molar refractivity (Wildman–Crippen MR) is 117 cm³/mol. The molecule has 2 N–H and O–H groups in total. The van der Waals surface area contributed by atoms with Crippen molar-refractivity contribution in [2.75, 3.05) is 24.6 Å². The van der Waals surface area contributed by atoms with E-state index >= 15 is 0 Å². The van der Waals surface area contributed by atoms with Gasteiger partial charge in [0.25, 0.3) is 0 Å². The lowest BCUT2D eigenvalue weighted by atomic mass is 10.1. The van der Waals surface area contributed by atoms with E-state index in [4.69, 9.17) is 23.8 Å². The van der Waals surface area contributed by atoms with Gasteiger partial charge in [0.15, 0.2) is 5.82 Å². The number of aliphatic hydroxyl groups excluding tert-OH is 1. The highest BCUT2D eigenvalue weighted by molar-refractivity contribution is 7.71. The molecule has 0 amide bonds. The summed E-state index contributed by atoms with van der Waals surface area (Å²) >= 11 is 11.6. The van der Waals surface area contributed by atoms with E-state index in [2.05, 4.69) is 33.2 Å². The number of nitrogens with zero attached hydrogens (tertiary/aromatic N) is 4. The maximum absolute atomic E-state index is 9.21. The number of H-pyrrole nitrogens is 1. The van der Waals surface area contributed by atoms with Crippen LogP contribution in [0.4, 0.5) is 5.69 Å². The van der Waals surface area contributed by atoms with Crippen molar-refractivity contribution in [3.63, 3.8) is 0 Å². The zero-order chi connectivity index (χ0) is 20.1. The van der Waals surface area contributed by atoms with Crippen molar-refractivity contribution >= 4 is 35.7 Å². The molecule has 3 aromatic rings. The van der Waals surface area contributed by atoms with Crippen LogP contribution < -0.4 is 4.90 Å². The van der Waals surface area contributed by atoms with Gasteiger partial charge in [-0.1, -0.05) is 29.8 Å². The molecule has 28 heavy (non-hydrogen) atoms. The van der Waals surface area contributed by atoms with Crippen LogP contribution in [0.3, 0.4) is 0 Å². The molecule has 0 saturated heterocycles. The van der Waals surface area contributed by atoms with E-state index in [-0.39, 0.29) is 6.61 Å². The maximum Gasteiger partial charge on any atom is 0.216 e. The van der Waals surface area contributed by atoms with Gasteiger partial charge in [0, 0.05) is 24.3 Å². The minimum absolute atomic E-state index is 0.125. The van der Waals surface area contributed by atoms with Crippen LogP contribution in [0.5, 0.6) is 0 Å². The summed E-state index contributed by atoms with van der Waals surface area (Å²) in [5.74, 6) is 0.557. The molecule has 0 unspecified atom stereocenters. The molecule has 146 valence electrons. The topological polar surface area (TPSA) is 69.4 Å². The average molecular weight is 416 g/mol. The summed E-state index contributed by atoms with van der Waals surface area (Å²) in [6, 6.07) is 13.6. The molecule has 6 nitrogen and oxygen atoms in total. The fraction of sp³-hybridized carbons (Fsp3) is 0.250. The van der Waals surface area contributed by atoms with E-state index in [1.165, 1.54) is 0 Å². The second-order valence-corrected chi connectivity index (χ2v) is 7.03. The summed E-state index contributed by atoms with van der Waals surface area (Å²) in [6.07, 6.45) is 1.76. The number of aliphatic hydroxyl groups is 1. The van der Waals surface area contributed by atoms with Gasteiger partial charge in [-0.25, -0.2) is 5.10 Å². The van der Waals surface area contributed by atoms with Crippen LogP contribution in [0, 0.1) is 11.7 Å². The molecule has 2 aromatic carbocycles. The number of nitrogens with one attached hydrogen (secondary N) is 1. The Bertz CT molecular complexity index is 1040. The number of rotatable bonds is 7. The summed E-state index contributed by atoms with van der Waals surface area (Å²) in [6.45, 7) is 5.66. The number of likely N-dealkylation sites (N-methyl/N-ethyl adjacent to an activating group) is 1. The Balaban J connectivity index is 1.92. The first-order valence-corrected chi connectivity index (χ1v) is 9.77. The van der Waals surface area contributed by atoms with E-state index < -0.39 is 0 Å². The van der Waals surface area contributed by atoms with Crippen LogP contribution in [-0.4, -0.2) is 45.9 Å². The number of aryl methyl sites for hydroxylation is 1. The second kappa shape index (κ2) is 9.14. The highest BCUT2D eigenvalue weighted by atomic mass is 35.5. The third kappa shape index (κ3) is 4.32. The molecular weight excluding hydrogens is 394 g/mol. The van der Waals surface area contributed by atoms with Gasteiger partial charge in [-0.2, -0.15) is 14.9 Å². The lowest BCUT2D eigenvalue weighted by Gasteiger charge is -2.22. The summed E-state index contributed by atoms with van der Waals surface area (Å²) < 4.78 is 1.95. The fourth-order valence-electron chi connectivity index (χ4n) is 2.93. The summed E-state index contributed by atoms with van der Waals surface area (Å²) in [4.78, 5) is 2.12. The third-order valence-electron chi connectivity index (χ3n) is 4.45. The molecule has 0 spiro atoms. The van der Waals surface area contributed by atoms with Gasteiger partial charge in [0.05, 0.1) is 17.8 Å². The first kappa shape index (κ1) is 20.3. The molecule has 8 heteroatoms. The molecule has 0 fully saturated rings. The van der Waals surface area contributed by atoms with Crippen molar-refractivity contribution in [1.29, 1.82) is 0 Å². The SMILES string of the molecule is CCN(CCO)c1ccc(/C=N\n2c(-c3ccccc3Cl)n[nH]c2=S)c(C)c1. The highest BCUT2D eigenvalue weighted by Gasteiger charge is 2.11. The Morgan fingerprint density at radius 3 is 2.79 bits per heavy atom. The molecule has 1 heterocycles. The molecule has 0 saturated carbocycles. The number of anilines is 1. The Morgan fingerprint density at radius 2 is 2.11 bits per heavy atom. The Hall–Kier alpha value is -2.48. The Kier molecular flexibility index (Phi) is 6.61. The van der Waals surface area contributed by atoms with Crippen molar-refractivity contribution in [2.45, 2.75) is 13.8 Å². The molecule has 0 aliphatic carbocycles. The third-order valence-corrected chi connectivity index (χ3v) is 5.04. The van der Waals surface area contributed by atoms with Crippen molar-refractivity contribution in [3.8, 4) is 11.4 Å². The molecular formula is C20H22ClN5OS. The number of aromatic amines is 1. The summed E-state index contributed by atoms with van der Waals surface area (Å²) in [5, 5.41) is 21.4. The van der Waals surface area contributed by atoms with E-state index in [0.717, 1.165) is 28.9 Å². The minimum atomic E-state index is 0.125. The van der Waals surface area contributed by atoms with E-state index in [9.17, 15) is 5.11 Å². The van der Waals surface area contributed by atoms with Gasteiger partial charge in [-0.3, -0.25) is 0 Å².